The van der Waals surface area contributed by atoms with Gasteiger partial charge in [0.05, 0.1) is 38.0 Å². The SMILES string of the molecule is COc1cc2nnc(-c3cc(C)on3)n2nc1OCC1CC=C2C(=O)N(C3COC3)CCC2=N1. The van der Waals surface area contributed by atoms with Crippen molar-refractivity contribution in [2.45, 2.75) is 31.8 Å². The van der Waals surface area contributed by atoms with E-state index in [9.17, 15) is 4.79 Å². The van der Waals surface area contributed by atoms with Crippen molar-refractivity contribution in [1.29, 1.82) is 0 Å². The van der Waals surface area contributed by atoms with Crippen molar-refractivity contribution in [2.75, 3.05) is 33.5 Å². The summed E-state index contributed by atoms with van der Waals surface area (Å²) in [6.07, 6.45) is 3.32. The van der Waals surface area contributed by atoms with Crippen LogP contribution in [0.25, 0.3) is 17.2 Å². The summed E-state index contributed by atoms with van der Waals surface area (Å²) in [6, 6.07) is 3.53. The first-order valence-electron chi connectivity index (χ1n) is 11.1. The highest BCUT2D eigenvalue weighted by molar-refractivity contribution is 6.23. The van der Waals surface area contributed by atoms with Crippen LogP contribution in [-0.4, -0.2) is 87.0 Å². The first-order valence-corrected chi connectivity index (χ1v) is 11.1. The Kier molecular flexibility index (Phi) is 5.01. The number of ether oxygens (including phenoxy) is 3. The third-order valence-corrected chi connectivity index (χ3v) is 6.20. The lowest BCUT2D eigenvalue weighted by Gasteiger charge is -2.41. The van der Waals surface area contributed by atoms with Crippen LogP contribution in [0.3, 0.4) is 0 Å². The summed E-state index contributed by atoms with van der Waals surface area (Å²) in [5.41, 5.74) is 2.57. The molecule has 2 fully saturated rings. The zero-order valence-electron chi connectivity index (χ0n) is 18.8. The van der Waals surface area contributed by atoms with Crippen LogP contribution in [0.4, 0.5) is 0 Å². The van der Waals surface area contributed by atoms with Gasteiger partial charge in [0, 0.05) is 30.8 Å². The molecule has 1 unspecified atom stereocenters. The molecule has 176 valence electrons. The molecule has 0 N–H and O–H groups in total. The molecule has 34 heavy (non-hydrogen) atoms. The van der Waals surface area contributed by atoms with Gasteiger partial charge in [-0.1, -0.05) is 11.2 Å². The van der Waals surface area contributed by atoms with Gasteiger partial charge in [-0.3, -0.25) is 9.79 Å². The number of rotatable bonds is 6. The lowest BCUT2D eigenvalue weighted by molar-refractivity contribution is -0.140. The molecule has 0 aromatic carbocycles. The molecular weight excluding hydrogens is 442 g/mol. The maximum atomic E-state index is 12.8. The molecule has 2 saturated heterocycles. The molecule has 12 heteroatoms. The molecule has 3 aromatic heterocycles. The van der Waals surface area contributed by atoms with E-state index in [0.29, 0.717) is 66.3 Å². The van der Waals surface area contributed by atoms with Crippen LogP contribution in [0.2, 0.25) is 0 Å². The number of carbonyl (C=O) groups excluding carboxylic acids is 1. The molecule has 12 nitrogen and oxygen atoms in total. The second kappa shape index (κ2) is 8.20. The van der Waals surface area contributed by atoms with Crippen molar-refractivity contribution >= 4 is 17.3 Å². The van der Waals surface area contributed by atoms with Gasteiger partial charge in [-0.25, -0.2) is 0 Å². The Bertz CT molecular complexity index is 1320. The molecule has 3 aliphatic rings. The van der Waals surface area contributed by atoms with Crippen molar-refractivity contribution in [1.82, 2.24) is 29.9 Å². The molecule has 1 amide bonds. The fraction of sp³-hybridized carbons (Fsp3) is 0.455. The molecule has 0 radical (unpaired) electrons. The van der Waals surface area contributed by atoms with E-state index < -0.39 is 0 Å². The van der Waals surface area contributed by atoms with Gasteiger partial charge < -0.3 is 23.6 Å². The van der Waals surface area contributed by atoms with E-state index in [2.05, 4.69) is 20.5 Å². The van der Waals surface area contributed by atoms with E-state index in [1.165, 1.54) is 0 Å². The Morgan fingerprint density at radius 2 is 2.12 bits per heavy atom. The first kappa shape index (κ1) is 20.8. The summed E-state index contributed by atoms with van der Waals surface area (Å²) in [5, 5.41) is 16.9. The monoisotopic (exact) mass is 465 g/mol. The van der Waals surface area contributed by atoms with Crippen LogP contribution in [0.1, 0.15) is 18.6 Å². The van der Waals surface area contributed by atoms with Crippen molar-refractivity contribution in [3.8, 4) is 23.1 Å². The van der Waals surface area contributed by atoms with E-state index in [0.717, 1.165) is 12.1 Å². The predicted molar refractivity (Wildman–Crippen MR) is 118 cm³/mol. The molecule has 1 atom stereocenters. The number of hydrogen-bond donors (Lipinski definition) is 0. The Hall–Kier alpha value is -3.80. The zero-order chi connectivity index (χ0) is 23.2. The molecule has 6 heterocycles. The first-order chi connectivity index (χ1) is 16.6. The number of aryl methyl sites for hydroxylation is 1. The number of carbonyl (C=O) groups is 1. The van der Waals surface area contributed by atoms with Gasteiger partial charge >= 0.3 is 0 Å². The van der Waals surface area contributed by atoms with Crippen molar-refractivity contribution in [2.24, 2.45) is 4.99 Å². The number of methoxy groups -OCH3 is 1. The minimum absolute atomic E-state index is 0.0506. The van der Waals surface area contributed by atoms with Crippen molar-refractivity contribution in [3.05, 3.63) is 29.5 Å². The summed E-state index contributed by atoms with van der Waals surface area (Å²) in [7, 11) is 1.54. The van der Waals surface area contributed by atoms with E-state index >= 15 is 0 Å². The highest BCUT2D eigenvalue weighted by atomic mass is 16.5. The van der Waals surface area contributed by atoms with Gasteiger partial charge in [0.25, 0.3) is 11.8 Å². The molecule has 0 aliphatic carbocycles. The standard InChI is InChI=1S/C22H23N7O5/c1-12-7-17(27-34-12)20-25-24-19-8-18(31-2)21(26-29(19)20)33-9-13-3-4-15-16(23-13)5-6-28(22(15)30)14-10-32-11-14/h4,7-8,13-14H,3,5-6,9-11H2,1-2H3. The highest BCUT2D eigenvalue weighted by Crippen LogP contribution is 2.29. The van der Waals surface area contributed by atoms with Crippen LogP contribution < -0.4 is 9.47 Å². The average molecular weight is 465 g/mol. The van der Waals surface area contributed by atoms with Crippen molar-refractivity contribution in [3.63, 3.8) is 0 Å². The second-order valence-corrected chi connectivity index (χ2v) is 8.47. The van der Waals surface area contributed by atoms with Gasteiger partial charge in [0.1, 0.15) is 12.4 Å². The van der Waals surface area contributed by atoms with Crippen LogP contribution in [-0.2, 0) is 9.53 Å². The van der Waals surface area contributed by atoms with Gasteiger partial charge in [0.15, 0.2) is 17.1 Å². The van der Waals surface area contributed by atoms with E-state index in [1.54, 1.807) is 30.7 Å². The lowest BCUT2D eigenvalue weighted by Crippen LogP contribution is -2.55. The van der Waals surface area contributed by atoms with Crippen LogP contribution in [0.5, 0.6) is 11.6 Å². The van der Waals surface area contributed by atoms with Gasteiger partial charge in [-0.15, -0.1) is 15.3 Å². The maximum Gasteiger partial charge on any atom is 0.274 e. The highest BCUT2D eigenvalue weighted by Gasteiger charge is 2.37. The smallest absolute Gasteiger partial charge is 0.274 e. The lowest BCUT2D eigenvalue weighted by atomic mass is 9.94. The summed E-state index contributed by atoms with van der Waals surface area (Å²) >= 11 is 0. The Morgan fingerprint density at radius 1 is 1.24 bits per heavy atom. The molecule has 0 saturated carbocycles. The van der Waals surface area contributed by atoms with E-state index in [-0.39, 0.29) is 24.6 Å². The number of likely N-dealkylation sites (tertiary alicyclic amines) is 1. The summed E-state index contributed by atoms with van der Waals surface area (Å²) < 4.78 is 23.4. The van der Waals surface area contributed by atoms with Gasteiger partial charge in [-0.2, -0.15) is 4.52 Å². The normalized spacial score (nSPS) is 20.6. The summed E-state index contributed by atoms with van der Waals surface area (Å²) in [5.74, 6) is 1.88. The Balaban J connectivity index is 1.20. The molecule has 6 rings (SSSR count). The summed E-state index contributed by atoms with van der Waals surface area (Å²) in [6.45, 7) is 3.99. The van der Waals surface area contributed by atoms with Crippen LogP contribution >= 0.6 is 0 Å². The van der Waals surface area contributed by atoms with E-state index in [4.69, 9.17) is 23.7 Å². The number of fused-ring (bicyclic) bond motifs is 2. The Morgan fingerprint density at radius 3 is 2.85 bits per heavy atom. The number of hydrogen-bond acceptors (Lipinski definition) is 10. The van der Waals surface area contributed by atoms with Gasteiger partial charge in [0.2, 0.25) is 5.82 Å². The fourth-order valence-corrected chi connectivity index (χ4v) is 4.32. The van der Waals surface area contributed by atoms with Crippen LogP contribution in [0, 0.1) is 6.92 Å². The van der Waals surface area contributed by atoms with Crippen molar-refractivity contribution < 1.29 is 23.5 Å². The predicted octanol–water partition coefficient (Wildman–Crippen LogP) is 1.25. The average Bonchev–Trinajstić information content (AvgIpc) is 3.43. The molecule has 0 spiro atoms. The fourth-order valence-electron chi connectivity index (χ4n) is 4.32. The van der Waals surface area contributed by atoms with Gasteiger partial charge in [-0.05, 0) is 13.3 Å². The minimum Gasteiger partial charge on any atom is -0.491 e. The largest absolute Gasteiger partial charge is 0.491 e. The quantitative estimate of drug-likeness (QED) is 0.528. The Labute approximate surface area is 194 Å². The minimum atomic E-state index is -0.120. The topological polar surface area (TPSA) is 129 Å². The molecule has 0 bridgehead atoms. The number of dihydropyridines is 1. The van der Waals surface area contributed by atoms with Crippen LogP contribution in [0.15, 0.2) is 33.3 Å². The summed E-state index contributed by atoms with van der Waals surface area (Å²) in [4.78, 5) is 19.6. The molecule has 3 aromatic rings. The second-order valence-electron chi connectivity index (χ2n) is 8.47. The maximum absolute atomic E-state index is 12.8. The zero-order valence-corrected chi connectivity index (χ0v) is 18.8. The third-order valence-electron chi connectivity index (χ3n) is 6.20. The number of nitrogens with zero attached hydrogens (tertiary/aromatic N) is 7. The number of amides is 1. The third kappa shape index (κ3) is 3.50. The molecular formula is C22H23N7O5. The van der Waals surface area contributed by atoms with E-state index in [1.807, 2.05) is 11.0 Å². The molecule has 3 aliphatic heterocycles. The number of aromatic nitrogens is 5. The number of aliphatic imine (C=N–C) groups is 1. The number of piperidine rings is 1.